The van der Waals surface area contributed by atoms with Crippen LogP contribution in [-0.2, 0) is 6.42 Å². The zero-order valence-electron chi connectivity index (χ0n) is 9.03. The lowest BCUT2D eigenvalue weighted by molar-refractivity contribution is 0.112. The summed E-state index contributed by atoms with van der Waals surface area (Å²) in [7, 11) is 0. The van der Waals surface area contributed by atoms with E-state index in [0.29, 0.717) is 17.1 Å². The van der Waals surface area contributed by atoms with Crippen LogP contribution >= 0.6 is 11.3 Å². The van der Waals surface area contributed by atoms with Crippen LogP contribution in [0.3, 0.4) is 0 Å². The van der Waals surface area contributed by atoms with Crippen molar-refractivity contribution < 1.29 is 9.32 Å². The molecule has 15 heavy (non-hydrogen) atoms. The van der Waals surface area contributed by atoms with Gasteiger partial charge in [0.1, 0.15) is 5.69 Å². The van der Waals surface area contributed by atoms with E-state index < -0.39 is 0 Å². The van der Waals surface area contributed by atoms with Gasteiger partial charge < -0.3 is 4.52 Å². The monoisotopic (exact) mass is 223 g/mol. The van der Waals surface area contributed by atoms with Crippen molar-refractivity contribution in [2.75, 3.05) is 0 Å². The zero-order valence-corrected chi connectivity index (χ0v) is 9.85. The third-order valence-electron chi connectivity index (χ3n) is 2.43. The van der Waals surface area contributed by atoms with Crippen molar-refractivity contribution in [3.8, 4) is 0 Å². The van der Waals surface area contributed by atoms with Gasteiger partial charge in [-0.15, -0.1) is 11.3 Å². The molecule has 2 heterocycles. The lowest BCUT2D eigenvalue weighted by Gasteiger charge is -1.95. The minimum absolute atomic E-state index is 0.328. The number of nitrogens with zero attached hydrogens (tertiary/aromatic N) is 1. The molecular weight excluding hydrogens is 210 g/mol. The van der Waals surface area contributed by atoms with E-state index >= 15 is 0 Å². The van der Waals surface area contributed by atoms with Crippen LogP contribution in [0.2, 0.25) is 0 Å². The molecule has 0 aromatic carbocycles. The lowest BCUT2D eigenvalue weighted by Crippen LogP contribution is -1.85. The molecular formula is C11H13NO2S. The molecule has 0 amide bonds. The van der Waals surface area contributed by atoms with Crippen molar-refractivity contribution >= 4 is 27.9 Å². The van der Waals surface area contributed by atoms with Gasteiger partial charge in [-0.1, -0.05) is 25.9 Å². The predicted octanol–water partition coefficient (Wildman–Crippen LogP) is 3.39. The second-order valence-electron chi connectivity index (χ2n) is 3.79. The highest BCUT2D eigenvalue weighted by Gasteiger charge is 2.20. The van der Waals surface area contributed by atoms with Crippen LogP contribution in [0.4, 0.5) is 0 Å². The first-order chi connectivity index (χ1) is 7.19. The summed E-state index contributed by atoms with van der Waals surface area (Å²) in [5, 5.41) is 4.02. The minimum Gasteiger partial charge on any atom is -0.354 e. The molecule has 0 spiro atoms. The Morgan fingerprint density at radius 1 is 1.53 bits per heavy atom. The topological polar surface area (TPSA) is 43.1 Å². The number of aromatic nitrogens is 1. The fourth-order valence-corrected chi connectivity index (χ4v) is 2.88. The quantitative estimate of drug-likeness (QED) is 0.749. The molecule has 0 saturated heterocycles. The molecule has 2 aromatic heterocycles. The van der Waals surface area contributed by atoms with Crippen LogP contribution in [0, 0.1) is 0 Å². The van der Waals surface area contributed by atoms with Crippen molar-refractivity contribution in [2.45, 2.75) is 33.1 Å². The summed E-state index contributed by atoms with van der Waals surface area (Å²) in [4.78, 5) is 12.0. The van der Waals surface area contributed by atoms with E-state index in [1.807, 2.05) is 6.92 Å². The van der Waals surface area contributed by atoms with Gasteiger partial charge in [-0.2, -0.15) is 0 Å². The van der Waals surface area contributed by atoms with Crippen LogP contribution in [0.25, 0.3) is 10.3 Å². The van der Waals surface area contributed by atoms with Crippen LogP contribution in [-0.4, -0.2) is 11.4 Å². The van der Waals surface area contributed by atoms with Gasteiger partial charge in [-0.3, -0.25) is 4.79 Å². The molecule has 0 radical (unpaired) electrons. The fourth-order valence-electron chi connectivity index (χ4n) is 1.62. The third-order valence-corrected chi connectivity index (χ3v) is 3.78. The number of carbonyl (C=O) groups is 1. The van der Waals surface area contributed by atoms with Crippen molar-refractivity contribution in [2.24, 2.45) is 0 Å². The molecule has 0 N–H and O–H groups in total. The summed E-state index contributed by atoms with van der Waals surface area (Å²) < 4.78 is 6.28. The first kappa shape index (κ1) is 10.4. The summed E-state index contributed by atoms with van der Waals surface area (Å²) in [5.74, 6) is 0.328. The number of aryl methyl sites for hydroxylation is 1. The Bertz CT molecular complexity index is 496. The molecule has 0 unspecified atom stereocenters. The molecule has 0 atom stereocenters. The van der Waals surface area contributed by atoms with E-state index in [1.165, 1.54) is 0 Å². The molecule has 0 aliphatic rings. The average Bonchev–Trinajstić information content (AvgIpc) is 2.73. The van der Waals surface area contributed by atoms with E-state index in [-0.39, 0.29) is 0 Å². The van der Waals surface area contributed by atoms with Gasteiger partial charge in [0.25, 0.3) is 0 Å². The molecule has 0 fully saturated rings. The Hall–Kier alpha value is -1.16. The molecule has 2 aromatic rings. The number of thiophene rings is 1. The minimum atomic E-state index is 0.328. The van der Waals surface area contributed by atoms with Gasteiger partial charge in [0.15, 0.2) is 11.9 Å². The molecule has 0 aliphatic heterocycles. The predicted molar refractivity (Wildman–Crippen MR) is 60.7 cm³/mol. The third kappa shape index (κ3) is 1.49. The highest BCUT2D eigenvalue weighted by molar-refractivity contribution is 7.19. The molecule has 0 bridgehead atoms. The van der Waals surface area contributed by atoms with Crippen LogP contribution in [0.1, 0.15) is 47.6 Å². The fraction of sp³-hybridized carbons (Fsp3) is 0.455. The Morgan fingerprint density at radius 2 is 2.27 bits per heavy atom. The first-order valence-corrected chi connectivity index (χ1v) is 5.86. The Kier molecular flexibility index (Phi) is 2.61. The first-order valence-electron chi connectivity index (χ1n) is 5.05. The van der Waals surface area contributed by atoms with Crippen molar-refractivity contribution in [1.82, 2.24) is 5.16 Å². The van der Waals surface area contributed by atoms with Gasteiger partial charge in [0, 0.05) is 10.8 Å². The molecule has 2 rings (SSSR count). The Morgan fingerprint density at radius 3 is 2.80 bits per heavy atom. The van der Waals surface area contributed by atoms with Gasteiger partial charge >= 0.3 is 0 Å². The zero-order chi connectivity index (χ0) is 11.0. The van der Waals surface area contributed by atoms with Crippen molar-refractivity contribution in [1.29, 1.82) is 0 Å². The van der Waals surface area contributed by atoms with Gasteiger partial charge in [-0.05, 0) is 6.42 Å². The number of aldehydes is 1. The summed E-state index contributed by atoms with van der Waals surface area (Å²) >= 11 is 1.62. The SMILES string of the molecule is CCc1sc2c(C(C)C)noc2c1C=O. The standard InChI is InChI=1S/C11H13NO2S/c1-4-8-7(5-13)10-11(15-8)9(6(2)3)12-14-10/h5-6H,4H2,1-3H3. The Balaban J connectivity index is 2.72. The summed E-state index contributed by atoms with van der Waals surface area (Å²) in [5.41, 5.74) is 2.30. The van der Waals surface area contributed by atoms with Crippen molar-refractivity contribution in [3.05, 3.63) is 16.1 Å². The van der Waals surface area contributed by atoms with Gasteiger partial charge in [-0.25, -0.2) is 0 Å². The average molecular weight is 223 g/mol. The van der Waals surface area contributed by atoms with E-state index in [1.54, 1.807) is 11.3 Å². The highest BCUT2D eigenvalue weighted by Crippen LogP contribution is 2.35. The van der Waals surface area contributed by atoms with Crippen LogP contribution in [0.15, 0.2) is 4.52 Å². The number of hydrogen-bond donors (Lipinski definition) is 0. The van der Waals surface area contributed by atoms with Gasteiger partial charge in [0.2, 0.25) is 0 Å². The van der Waals surface area contributed by atoms with E-state index in [9.17, 15) is 4.79 Å². The summed E-state index contributed by atoms with van der Waals surface area (Å²) in [6.07, 6.45) is 1.73. The van der Waals surface area contributed by atoms with Gasteiger partial charge in [0.05, 0.1) is 10.3 Å². The number of hydrogen-bond acceptors (Lipinski definition) is 4. The molecule has 0 aliphatic carbocycles. The second kappa shape index (κ2) is 3.77. The lowest BCUT2D eigenvalue weighted by atomic mass is 10.1. The molecule has 4 heteroatoms. The van der Waals surface area contributed by atoms with E-state index in [4.69, 9.17) is 4.52 Å². The smallest absolute Gasteiger partial charge is 0.188 e. The molecule has 0 saturated carbocycles. The number of rotatable bonds is 3. The number of fused-ring (bicyclic) bond motifs is 1. The summed E-state index contributed by atoms with van der Waals surface area (Å²) in [6.45, 7) is 6.19. The van der Waals surface area contributed by atoms with E-state index in [0.717, 1.165) is 28.0 Å². The summed E-state index contributed by atoms with van der Waals surface area (Å²) in [6, 6.07) is 0. The van der Waals surface area contributed by atoms with E-state index in [2.05, 4.69) is 19.0 Å². The largest absolute Gasteiger partial charge is 0.354 e. The maximum Gasteiger partial charge on any atom is 0.188 e. The molecule has 80 valence electrons. The second-order valence-corrected chi connectivity index (χ2v) is 4.90. The maximum absolute atomic E-state index is 11.0. The van der Waals surface area contributed by atoms with Crippen molar-refractivity contribution in [3.63, 3.8) is 0 Å². The number of carbonyl (C=O) groups excluding carboxylic acids is 1. The van der Waals surface area contributed by atoms with Crippen LogP contribution in [0.5, 0.6) is 0 Å². The highest BCUT2D eigenvalue weighted by atomic mass is 32.1. The Labute approximate surface area is 92.1 Å². The maximum atomic E-state index is 11.0. The van der Waals surface area contributed by atoms with Crippen LogP contribution < -0.4 is 0 Å². The molecule has 3 nitrogen and oxygen atoms in total. The normalized spacial score (nSPS) is 11.5.